The molecule has 2 rings (SSSR count). The first kappa shape index (κ1) is 14.5. The summed E-state index contributed by atoms with van der Waals surface area (Å²) in [5.41, 5.74) is 7.63. The highest BCUT2D eigenvalue weighted by Crippen LogP contribution is 2.22. The monoisotopic (exact) mass is 337 g/mol. The van der Waals surface area contributed by atoms with Crippen molar-refractivity contribution >= 4 is 33.5 Å². The largest absolute Gasteiger partial charge is 0.463 e. The van der Waals surface area contributed by atoms with Crippen LogP contribution in [0.3, 0.4) is 0 Å². The number of hydrogen-bond acceptors (Lipinski definition) is 6. The van der Waals surface area contributed by atoms with Crippen molar-refractivity contribution in [3.05, 3.63) is 28.2 Å². The molecule has 1 heterocycles. The Bertz CT molecular complexity index is 585. The summed E-state index contributed by atoms with van der Waals surface area (Å²) in [6.45, 7) is 4.56. The molecule has 0 spiro atoms. The zero-order valence-electron chi connectivity index (χ0n) is 11.4. The van der Waals surface area contributed by atoms with Gasteiger partial charge in [0.2, 0.25) is 11.9 Å². The van der Waals surface area contributed by atoms with Gasteiger partial charge < -0.3 is 15.8 Å². The molecule has 0 aliphatic heterocycles. The smallest absolute Gasteiger partial charge is 0.323 e. The number of rotatable bonds is 5. The number of aryl methyl sites for hydroxylation is 1. The Morgan fingerprint density at radius 2 is 2.05 bits per heavy atom. The number of ether oxygens (including phenoxy) is 1. The van der Waals surface area contributed by atoms with Gasteiger partial charge in [0.25, 0.3) is 0 Å². The van der Waals surface area contributed by atoms with Crippen LogP contribution in [0.5, 0.6) is 6.01 Å². The van der Waals surface area contributed by atoms with Gasteiger partial charge in [-0.15, -0.1) is 0 Å². The summed E-state index contributed by atoms with van der Waals surface area (Å²) in [5.74, 6) is 0.487. The van der Waals surface area contributed by atoms with Gasteiger partial charge in [-0.3, -0.25) is 0 Å². The van der Waals surface area contributed by atoms with Crippen LogP contribution in [-0.2, 0) is 0 Å². The van der Waals surface area contributed by atoms with Crippen molar-refractivity contribution in [2.24, 2.45) is 0 Å². The van der Waals surface area contributed by atoms with Crippen LogP contribution in [0.25, 0.3) is 0 Å². The van der Waals surface area contributed by atoms with E-state index in [9.17, 15) is 0 Å². The van der Waals surface area contributed by atoms with E-state index >= 15 is 0 Å². The van der Waals surface area contributed by atoms with Gasteiger partial charge in [0.05, 0.1) is 6.61 Å². The maximum atomic E-state index is 5.65. The van der Waals surface area contributed by atoms with Crippen molar-refractivity contribution in [2.45, 2.75) is 20.3 Å². The number of anilines is 3. The van der Waals surface area contributed by atoms with Crippen molar-refractivity contribution in [2.75, 3.05) is 17.7 Å². The Labute approximate surface area is 125 Å². The fourth-order valence-electron chi connectivity index (χ4n) is 1.62. The standard InChI is InChI=1S/C13H16BrN5O/c1-3-4-20-13-18-11(15)17-12(19-13)16-10-6-8(2)5-9(14)7-10/h5-7H,3-4H2,1-2H3,(H3,15,16,17,18,19). The lowest BCUT2D eigenvalue weighted by molar-refractivity contribution is 0.292. The van der Waals surface area contributed by atoms with Crippen molar-refractivity contribution in [1.29, 1.82) is 0 Å². The van der Waals surface area contributed by atoms with Crippen LogP contribution in [0.1, 0.15) is 18.9 Å². The maximum Gasteiger partial charge on any atom is 0.323 e. The second-order valence-electron chi connectivity index (χ2n) is 4.29. The van der Waals surface area contributed by atoms with Crippen molar-refractivity contribution in [3.8, 4) is 6.01 Å². The van der Waals surface area contributed by atoms with Gasteiger partial charge in [0.1, 0.15) is 0 Å². The van der Waals surface area contributed by atoms with Crippen LogP contribution in [0.15, 0.2) is 22.7 Å². The van der Waals surface area contributed by atoms with Crippen molar-refractivity contribution in [3.63, 3.8) is 0 Å². The quantitative estimate of drug-likeness (QED) is 0.871. The van der Waals surface area contributed by atoms with Crippen LogP contribution in [0, 0.1) is 6.92 Å². The molecule has 0 aliphatic carbocycles. The predicted octanol–water partition coefficient (Wildman–Crippen LogP) is 3.06. The normalized spacial score (nSPS) is 10.3. The molecule has 0 amide bonds. The van der Waals surface area contributed by atoms with Gasteiger partial charge in [-0.25, -0.2) is 0 Å². The molecule has 2 aromatic rings. The minimum absolute atomic E-state index is 0.125. The summed E-state index contributed by atoms with van der Waals surface area (Å²) in [7, 11) is 0. The summed E-state index contributed by atoms with van der Waals surface area (Å²) in [6, 6.07) is 6.16. The minimum atomic E-state index is 0.125. The minimum Gasteiger partial charge on any atom is -0.463 e. The van der Waals surface area contributed by atoms with Crippen molar-refractivity contribution in [1.82, 2.24) is 15.0 Å². The molecule has 0 aliphatic rings. The zero-order valence-corrected chi connectivity index (χ0v) is 12.9. The summed E-state index contributed by atoms with van der Waals surface area (Å²) >= 11 is 3.45. The summed E-state index contributed by atoms with van der Waals surface area (Å²) in [6.07, 6.45) is 0.874. The molecular weight excluding hydrogens is 322 g/mol. The van der Waals surface area contributed by atoms with Crippen LogP contribution < -0.4 is 15.8 Å². The fourth-order valence-corrected chi connectivity index (χ4v) is 2.23. The van der Waals surface area contributed by atoms with Gasteiger partial charge >= 0.3 is 6.01 Å². The van der Waals surface area contributed by atoms with E-state index in [2.05, 4.69) is 36.2 Å². The lowest BCUT2D eigenvalue weighted by Crippen LogP contribution is -2.07. The molecule has 106 valence electrons. The van der Waals surface area contributed by atoms with E-state index in [0.29, 0.717) is 12.6 Å². The van der Waals surface area contributed by atoms with E-state index in [1.807, 2.05) is 32.0 Å². The number of hydrogen-bond donors (Lipinski definition) is 2. The molecule has 1 aromatic carbocycles. The lowest BCUT2D eigenvalue weighted by atomic mass is 10.2. The van der Waals surface area contributed by atoms with Crippen LogP contribution >= 0.6 is 15.9 Å². The van der Waals surface area contributed by atoms with Gasteiger partial charge in [-0.05, 0) is 37.1 Å². The molecule has 1 aromatic heterocycles. The molecule has 0 radical (unpaired) electrons. The second kappa shape index (κ2) is 6.51. The third-order valence-electron chi connectivity index (χ3n) is 2.37. The highest BCUT2D eigenvalue weighted by molar-refractivity contribution is 9.10. The Morgan fingerprint density at radius 3 is 2.75 bits per heavy atom. The SMILES string of the molecule is CCCOc1nc(N)nc(Nc2cc(C)cc(Br)c2)n1. The first-order valence-corrected chi connectivity index (χ1v) is 7.04. The number of aromatic nitrogens is 3. The predicted molar refractivity (Wildman–Crippen MR) is 82.2 cm³/mol. The number of nitrogens with zero attached hydrogens (tertiary/aromatic N) is 3. The Morgan fingerprint density at radius 1 is 1.25 bits per heavy atom. The van der Waals surface area contributed by atoms with E-state index in [1.165, 1.54) is 0 Å². The van der Waals surface area contributed by atoms with E-state index < -0.39 is 0 Å². The van der Waals surface area contributed by atoms with E-state index in [-0.39, 0.29) is 12.0 Å². The highest BCUT2D eigenvalue weighted by atomic mass is 79.9. The van der Waals surface area contributed by atoms with Crippen molar-refractivity contribution < 1.29 is 4.74 Å². The van der Waals surface area contributed by atoms with Gasteiger partial charge in [-0.1, -0.05) is 22.9 Å². The van der Waals surface area contributed by atoms with E-state index in [1.54, 1.807) is 0 Å². The molecule has 20 heavy (non-hydrogen) atoms. The average Bonchev–Trinajstić information content (AvgIpc) is 2.34. The molecule has 0 saturated carbocycles. The third-order valence-corrected chi connectivity index (χ3v) is 2.82. The maximum absolute atomic E-state index is 5.65. The topological polar surface area (TPSA) is 86.0 Å². The Hall–Kier alpha value is -1.89. The summed E-state index contributed by atoms with van der Waals surface area (Å²) in [5, 5.41) is 3.09. The Balaban J connectivity index is 2.21. The number of nitrogens with one attached hydrogen (secondary N) is 1. The third kappa shape index (κ3) is 4.06. The van der Waals surface area contributed by atoms with Gasteiger partial charge in [-0.2, -0.15) is 15.0 Å². The van der Waals surface area contributed by atoms with E-state index in [0.717, 1.165) is 22.1 Å². The van der Waals surface area contributed by atoms with Crippen LogP contribution in [0.4, 0.5) is 17.6 Å². The van der Waals surface area contributed by atoms with Crippen LogP contribution in [0.2, 0.25) is 0 Å². The van der Waals surface area contributed by atoms with Gasteiger partial charge in [0, 0.05) is 10.2 Å². The van der Waals surface area contributed by atoms with E-state index in [4.69, 9.17) is 10.5 Å². The molecule has 0 saturated heterocycles. The summed E-state index contributed by atoms with van der Waals surface area (Å²) in [4.78, 5) is 12.2. The molecule has 6 nitrogen and oxygen atoms in total. The lowest BCUT2D eigenvalue weighted by Gasteiger charge is -2.08. The first-order valence-electron chi connectivity index (χ1n) is 6.25. The average molecular weight is 338 g/mol. The Kier molecular flexibility index (Phi) is 4.73. The fraction of sp³-hybridized carbons (Fsp3) is 0.308. The molecule has 0 fully saturated rings. The number of halogens is 1. The molecular formula is C13H16BrN5O. The zero-order chi connectivity index (χ0) is 14.5. The molecule has 3 N–H and O–H groups in total. The first-order chi connectivity index (χ1) is 9.56. The molecule has 7 heteroatoms. The number of nitrogen functional groups attached to an aromatic ring is 1. The highest BCUT2D eigenvalue weighted by Gasteiger charge is 2.06. The van der Waals surface area contributed by atoms with Gasteiger partial charge in [0.15, 0.2) is 0 Å². The second-order valence-corrected chi connectivity index (χ2v) is 5.21. The van der Waals surface area contributed by atoms with Crippen LogP contribution in [-0.4, -0.2) is 21.6 Å². The number of benzene rings is 1. The molecule has 0 unspecified atom stereocenters. The molecule has 0 atom stereocenters. The number of nitrogens with two attached hydrogens (primary N) is 1. The molecule has 0 bridgehead atoms. The summed E-state index contributed by atoms with van der Waals surface area (Å²) < 4.78 is 6.35.